The molecule has 0 heterocycles. The van der Waals surface area contributed by atoms with Gasteiger partial charge in [0.2, 0.25) is 0 Å². The number of halogens is 3. The van der Waals surface area contributed by atoms with Crippen LogP contribution in [0.25, 0.3) is 0 Å². The van der Waals surface area contributed by atoms with Gasteiger partial charge in [0, 0.05) is 12.1 Å². The molecule has 1 rings (SSSR count). The van der Waals surface area contributed by atoms with E-state index in [0.717, 1.165) is 25.7 Å². The highest BCUT2D eigenvalue weighted by Gasteiger charge is 2.22. The molecule has 0 aromatic carbocycles. The van der Waals surface area contributed by atoms with Crippen molar-refractivity contribution in [2.45, 2.75) is 57.2 Å². The molecule has 0 spiro atoms. The van der Waals surface area contributed by atoms with Crippen molar-refractivity contribution in [3.63, 3.8) is 0 Å². The van der Waals surface area contributed by atoms with Gasteiger partial charge in [0.05, 0.1) is 6.04 Å². The Morgan fingerprint density at radius 1 is 1.21 bits per heavy atom. The standard InChI is InChI=1S/C9H18F2N2.ClH/c1-6(9(10)11)13-8-4-2-7(12)3-5-8;/h6-9,13H,2-5,12H2,1H3;1H. The molecule has 0 amide bonds. The second kappa shape index (κ2) is 6.53. The lowest BCUT2D eigenvalue weighted by molar-refractivity contribution is 0.0957. The van der Waals surface area contributed by atoms with Gasteiger partial charge in [-0.05, 0) is 32.6 Å². The maximum absolute atomic E-state index is 12.2. The highest BCUT2D eigenvalue weighted by Crippen LogP contribution is 2.18. The first-order chi connectivity index (χ1) is 6.09. The molecule has 5 heteroatoms. The highest BCUT2D eigenvalue weighted by molar-refractivity contribution is 5.85. The molecule has 1 fully saturated rings. The minimum Gasteiger partial charge on any atom is -0.328 e. The van der Waals surface area contributed by atoms with Crippen LogP contribution in [0.4, 0.5) is 8.78 Å². The van der Waals surface area contributed by atoms with Gasteiger partial charge >= 0.3 is 0 Å². The van der Waals surface area contributed by atoms with Gasteiger partial charge in [-0.15, -0.1) is 12.4 Å². The molecule has 0 aliphatic heterocycles. The monoisotopic (exact) mass is 228 g/mol. The normalized spacial score (nSPS) is 29.8. The van der Waals surface area contributed by atoms with Crippen LogP contribution in [0.15, 0.2) is 0 Å². The Balaban J connectivity index is 0.00000169. The average molecular weight is 229 g/mol. The van der Waals surface area contributed by atoms with Gasteiger partial charge in [0.25, 0.3) is 6.43 Å². The molecule has 1 saturated carbocycles. The van der Waals surface area contributed by atoms with Crippen LogP contribution >= 0.6 is 12.4 Å². The predicted octanol–water partition coefficient (Wildman–Crippen LogP) is 1.92. The smallest absolute Gasteiger partial charge is 0.253 e. The number of hydrogen-bond donors (Lipinski definition) is 2. The molecule has 0 saturated heterocycles. The summed E-state index contributed by atoms with van der Waals surface area (Å²) in [5.41, 5.74) is 5.71. The lowest BCUT2D eigenvalue weighted by Gasteiger charge is -2.29. The summed E-state index contributed by atoms with van der Waals surface area (Å²) >= 11 is 0. The van der Waals surface area contributed by atoms with Crippen molar-refractivity contribution in [2.24, 2.45) is 5.73 Å². The summed E-state index contributed by atoms with van der Waals surface area (Å²) in [6.07, 6.45) is 1.49. The first-order valence-corrected chi connectivity index (χ1v) is 4.89. The molecule has 1 aliphatic carbocycles. The van der Waals surface area contributed by atoms with Gasteiger partial charge in [-0.25, -0.2) is 8.78 Å². The predicted molar refractivity (Wildman–Crippen MR) is 56.1 cm³/mol. The van der Waals surface area contributed by atoms with E-state index in [1.54, 1.807) is 0 Å². The number of nitrogens with one attached hydrogen (secondary N) is 1. The average Bonchev–Trinajstić information content (AvgIpc) is 2.08. The van der Waals surface area contributed by atoms with E-state index in [9.17, 15) is 8.78 Å². The van der Waals surface area contributed by atoms with Crippen molar-refractivity contribution in [2.75, 3.05) is 0 Å². The third-order valence-electron chi connectivity index (χ3n) is 2.65. The fourth-order valence-corrected chi connectivity index (χ4v) is 1.73. The van der Waals surface area contributed by atoms with Crippen LogP contribution in [0, 0.1) is 0 Å². The quantitative estimate of drug-likeness (QED) is 0.775. The third-order valence-corrected chi connectivity index (χ3v) is 2.65. The van der Waals surface area contributed by atoms with Crippen LogP contribution in [0.2, 0.25) is 0 Å². The van der Waals surface area contributed by atoms with Gasteiger partial charge < -0.3 is 11.1 Å². The van der Waals surface area contributed by atoms with E-state index in [0.29, 0.717) is 0 Å². The van der Waals surface area contributed by atoms with Crippen LogP contribution in [-0.2, 0) is 0 Å². The van der Waals surface area contributed by atoms with Crippen LogP contribution in [-0.4, -0.2) is 24.6 Å². The van der Waals surface area contributed by atoms with Crippen molar-refractivity contribution in [3.05, 3.63) is 0 Å². The minimum atomic E-state index is -2.27. The van der Waals surface area contributed by atoms with E-state index in [-0.39, 0.29) is 24.5 Å². The van der Waals surface area contributed by atoms with Crippen molar-refractivity contribution in [1.82, 2.24) is 5.32 Å². The van der Waals surface area contributed by atoms with Crippen molar-refractivity contribution in [3.8, 4) is 0 Å². The van der Waals surface area contributed by atoms with E-state index in [2.05, 4.69) is 5.32 Å². The molecule has 0 bridgehead atoms. The van der Waals surface area contributed by atoms with Gasteiger partial charge in [-0.2, -0.15) is 0 Å². The fraction of sp³-hybridized carbons (Fsp3) is 1.00. The van der Waals surface area contributed by atoms with Crippen LogP contribution in [0.5, 0.6) is 0 Å². The van der Waals surface area contributed by atoms with Crippen LogP contribution in [0.1, 0.15) is 32.6 Å². The summed E-state index contributed by atoms with van der Waals surface area (Å²) in [6.45, 7) is 1.53. The molecule has 0 aromatic heterocycles. The topological polar surface area (TPSA) is 38.0 Å². The lowest BCUT2D eigenvalue weighted by Crippen LogP contribution is -2.44. The molecule has 2 nitrogen and oxygen atoms in total. The highest BCUT2D eigenvalue weighted by atomic mass is 35.5. The maximum Gasteiger partial charge on any atom is 0.253 e. The zero-order chi connectivity index (χ0) is 9.84. The Morgan fingerprint density at radius 3 is 2.14 bits per heavy atom. The Kier molecular flexibility index (Phi) is 6.57. The van der Waals surface area contributed by atoms with Crippen LogP contribution in [0.3, 0.4) is 0 Å². The van der Waals surface area contributed by atoms with Crippen molar-refractivity contribution >= 4 is 12.4 Å². The summed E-state index contributed by atoms with van der Waals surface area (Å²) in [7, 11) is 0. The lowest BCUT2D eigenvalue weighted by atomic mass is 9.91. The molecular formula is C9H19ClF2N2. The maximum atomic E-state index is 12.2. The van der Waals surface area contributed by atoms with Crippen LogP contribution < -0.4 is 11.1 Å². The Hall–Kier alpha value is 0.0700. The van der Waals surface area contributed by atoms with E-state index in [1.165, 1.54) is 6.92 Å². The first kappa shape index (κ1) is 14.1. The fourth-order valence-electron chi connectivity index (χ4n) is 1.73. The molecule has 1 aliphatic rings. The number of hydrogen-bond acceptors (Lipinski definition) is 2. The Morgan fingerprint density at radius 2 is 1.71 bits per heavy atom. The summed E-state index contributed by atoms with van der Waals surface area (Å²) in [4.78, 5) is 0. The Bertz CT molecular complexity index is 150. The third kappa shape index (κ3) is 4.53. The molecule has 0 aromatic rings. The minimum absolute atomic E-state index is 0. The largest absolute Gasteiger partial charge is 0.328 e. The zero-order valence-electron chi connectivity index (χ0n) is 8.38. The summed E-state index contributed by atoms with van der Waals surface area (Å²) < 4.78 is 24.3. The van der Waals surface area contributed by atoms with Gasteiger partial charge in [-0.3, -0.25) is 0 Å². The number of alkyl halides is 2. The van der Waals surface area contributed by atoms with Gasteiger partial charge in [-0.1, -0.05) is 0 Å². The zero-order valence-corrected chi connectivity index (χ0v) is 9.20. The van der Waals surface area contributed by atoms with Crippen molar-refractivity contribution < 1.29 is 8.78 Å². The first-order valence-electron chi connectivity index (χ1n) is 4.89. The van der Waals surface area contributed by atoms with Gasteiger partial charge in [0.1, 0.15) is 0 Å². The molecule has 1 unspecified atom stereocenters. The molecule has 0 radical (unpaired) electrons. The van der Waals surface area contributed by atoms with E-state index in [1.807, 2.05) is 0 Å². The second-order valence-corrected chi connectivity index (χ2v) is 3.90. The summed E-state index contributed by atoms with van der Waals surface area (Å²) in [5, 5.41) is 2.93. The van der Waals surface area contributed by atoms with E-state index < -0.39 is 12.5 Å². The van der Waals surface area contributed by atoms with Crippen molar-refractivity contribution in [1.29, 1.82) is 0 Å². The Labute approximate surface area is 90.0 Å². The summed E-state index contributed by atoms with van der Waals surface area (Å²) in [6, 6.07) is -0.178. The molecular weight excluding hydrogens is 210 g/mol. The number of nitrogens with two attached hydrogens (primary N) is 1. The van der Waals surface area contributed by atoms with Gasteiger partial charge in [0.15, 0.2) is 0 Å². The number of rotatable bonds is 3. The summed E-state index contributed by atoms with van der Waals surface area (Å²) in [5.74, 6) is 0. The molecule has 86 valence electrons. The second-order valence-electron chi connectivity index (χ2n) is 3.90. The van der Waals surface area contributed by atoms with E-state index >= 15 is 0 Å². The van der Waals surface area contributed by atoms with E-state index in [4.69, 9.17) is 5.73 Å². The molecule has 1 atom stereocenters. The molecule has 14 heavy (non-hydrogen) atoms. The SMILES string of the molecule is CC(NC1CCC(N)CC1)C(F)F.Cl. The molecule has 3 N–H and O–H groups in total.